The summed E-state index contributed by atoms with van der Waals surface area (Å²) in [6, 6.07) is 7.51. The van der Waals surface area contributed by atoms with E-state index in [9.17, 15) is 4.79 Å². The largest absolute Gasteiger partial charge is 0.318 e. The number of aldehydes is 1. The van der Waals surface area contributed by atoms with Crippen LogP contribution in [0.15, 0.2) is 24.3 Å². The zero-order valence-corrected chi connectivity index (χ0v) is 10.7. The molecule has 90 valence electrons. The Balaban J connectivity index is 0.000000293. The molecule has 1 rings (SSSR count). The molecule has 0 radical (unpaired) electrons. The predicted octanol–water partition coefficient (Wildman–Crippen LogP) is 1.57. The predicted molar refractivity (Wildman–Crippen MR) is 69.0 cm³/mol. The Hall–Kier alpha value is -1.19. The first-order chi connectivity index (χ1) is 7.61. The minimum absolute atomic E-state index is 0.775. The topological polar surface area (TPSA) is 32.3 Å². The summed E-state index contributed by atoms with van der Waals surface area (Å²) in [7, 11) is 6.10. The van der Waals surface area contributed by atoms with Gasteiger partial charge in [0.15, 0.2) is 0 Å². The maximum absolute atomic E-state index is 10.2. The zero-order valence-electron chi connectivity index (χ0n) is 10.7. The Morgan fingerprint density at radius 3 is 2.25 bits per heavy atom. The monoisotopic (exact) mass is 222 g/mol. The van der Waals surface area contributed by atoms with Crippen LogP contribution in [0.2, 0.25) is 0 Å². The van der Waals surface area contributed by atoms with Crippen molar-refractivity contribution in [1.29, 1.82) is 0 Å². The fraction of sp³-hybridized carbons (Fsp3) is 0.462. The maximum atomic E-state index is 10.2. The molecule has 0 unspecified atom stereocenters. The normalized spacial score (nSPS) is 9.56. The Kier molecular flexibility index (Phi) is 8.39. The lowest BCUT2D eigenvalue weighted by Gasteiger charge is -2.06. The van der Waals surface area contributed by atoms with Gasteiger partial charge in [-0.05, 0) is 33.6 Å². The first kappa shape index (κ1) is 14.8. The number of aryl methyl sites for hydroxylation is 1. The van der Waals surface area contributed by atoms with Gasteiger partial charge in [-0.1, -0.05) is 24.3 Å². The van der Waals surface area contributed by atoms with Crippen LogP contribution < -0.4 is 5.32 Å². The first-order valence-electron chi connectivity index (χ1n) is 5.42. The molecule has 1 aromatic carbocycles. The number of nitrogens with zero attached hydrogens (tertiary/aromatic N) is 1. The second-order valence-corrected chi connectivity index (χ2v) is 3.88. The van der Waals surface area contributed by atoms with Crippen molar-refractivity contribution in [2.75, 3.05) is 34.2 Å². The van der Waals surface area contributed by atoms with Crippen LogP contribution in [0.4, 0.5) is 0 Å². The van der Waals surface area contributed by atoms with E-state index in [1.54, 1.807) is 0 Å². The first-order valence-corrected chi connectivity index (χ1v) is 5.42. The van der Waals surface area contributed by atoms with E-state index in [-0.39, 0.29) is 0 Å². The van der Waals surface area contributed by atoms with Crippen molar-refractivity contribution in [3.8, 4) is 0 Å². The van der Waals surface area contributed by atoms with Crippen LogP contribution in [-0.4, -0.2) is 45.4 Å². The number of likely N-dealkylation sites (N-methyl/N-ethyl adjacent to an activating group) is 2. The van der Waals surface area contributed by atoms with Crippen LogP contribution in [-0.2, 0) is 0 Å². The fourth-order valence-electron chi connectivity index (χ4n) is 1.05. The number of nitrogens with one attached hydrogen (secondary N) is 1. The van der Waals surface area contributed by atoms with E-state index < -0.39 is 0 Å². The minimum atomic E-state index is 0.775. The molecule has 0 amide bonds. The van der Waals surface area contributed by atoms with E-state index in [1.807, 2.05) is 38.2 Å². The van der Waals surface area contributed by atoms with Gasteiger partial charge in [0.05, 0.1) is 0 Å². The van der Waals surface area contributed by atoms with E-state index in [0.29, 0.717) is 0 Å². The van der Waals surface area contributed by atoms with Crippen molar-refractivity contribution in [3.63, 3.8) is 0 Å². The summed E-state index contributed by atoms with van der Waals surface area (Å²) >= 11 is 0. The summed E-state index contributed by atoms with van der Waals surface area (Å²) in [5.74, 6) is 0. The molecule has 0 aliphatic rings. The second kappa shape index (κ2) is 9.07. The van der Waals surface area contributed by atoms with E-state index in [2.05, 4.69) is 24.3 Å². The third kappa shape index (κ3) is 7.15. The van der Waals surface area contributed by atoms with Gasteiger partial charge < -0.3 is 10.2 Å². The van der Waals surface area contributed by atoms with Crippen molar-refractivity contribution >= 4 is 6.29 Å². The lowest BCUT2D eigenvalue weighted by Crippen LogP contribution is -2.23. The summed E-state index contributed by atoms with van der Waals surface area (Å²) in [4.78, 5) is 12.4. The molecule has 0 atom stereocenters. The molecule has 0 aliphatic heterocycles. The zero-order chi connectivity index (χ0) is 12.4. The second-order valence-electron chi connectivity index (χ2n) is 3.88. The summed E-state index contributed by atoms with van der Waals surface area (Å²) in [6.45, 7) is 4.12. The SMILES string of the molecule is CNCCN(C)C.Cc1ccccc1C=O. The third-order valence-corrected chi connectivity index (χ3v) is 2.12. The van der Waals surface area contributed by atoms with Crippen molar-refractivity contribution < 1.29 is 4.79 Å². The van der Waals surface area contributed by atoms with Crippen molar-refractivity contribution in [1.82, 2.24) is 10.2 Å². The molecular formula is C13H22N2O. The fourth-order valence-corrected chi connectivity index (χ4v) is 1.05. The highest BCUT2D eigenvalue weighted by Gasteiger charge is 1.90. The molecule has 0 heterocycles. The van der Waals surface area contributed by atoms with Gasteiger partial charge in [0, 0.05) is 18.7 Å². The molecule has 1 N–H and O–H groups in total. The number of rotatable bonds is 4. The highest BCUT2D eigenvalue weighted by Crippen LogP contribution is 2.02. The van der Waals surface area contributed by atoms with Crippen molar-refractivity contribution in [3.05, 3.63) is 35.4 Å². The molecule has 0 saturated heterocycles. The van der Waals surface area contributed by atoms with E-state index in [4.69, 9.17) is 0 Å². The lowest BCUT2D eigenvalue weighted by molar-refractivity contribution is 0.112. The van der Waals surface area contributed by atoms with Crippen LogP contribution in [0.3, 0.4) is 0 Å². The highest BCUT2D eigenvalue weighted by atomic mass is 16.1. The Morgan fingerprint density at radius 1 is 1.31 bits per heavy atom. The quantitative estimate of drug-likeness (QED) is 0.785. The van der Waals surface area contributed by atoms with E-state index >= 15 is 0 Å². The molecule has 3 heteroatoms. The molecule has 16 heavy (non-hydrogen) atoms. The average Bonchev–Trinajstić information content (AvgIpc) is 2.28. The van der Waals surface area contributed by atoms with Gasteiger partial charge in [0.25, 0.3) is 0 Å². The van der Waals surface area contributed by atoms with Gasteiger partial charge in [0.2, 0.25) is 0 Å². The third-order valence-electron chi connectivity index (χ3n) is 2.12. The molecule has 0 spiro atoms. The standard InChI is InChI=1S/C8H8O.C5H14N2/c1-7-4-2-3-5-8(7)6-9;1-6-4-5-7(2)3/h2-6H,1H3;6H,4-5H2,1-3H3. The average molecular weight is 222 g/mol. The van der Waals surface area contributed by atoms with Gasteiger partial charge in [-0.15, -0.1) is 0 Å². The Morgan fingerprint density at radius 2 is 1.94 bits per heavy atom. The molecule has 0 bridgehead atoms. The molecule has 0 aliphatic carbocycles. The highest BCUT2D eigenvalue weighted by molar-refractivity contribution is 5.76. The molecule has 0 saturated carbocycles. The van der Waals surface area contributed by atoms with Gasteiger partial charge in [-0.25, -0.2) is 0 Å². The van der Waals surface area contributed by atoms with Crippen LogP contribution in [0.25, 0.3) is 0 Å². The van der Waals surface area contributed by atoms with E-state index in [0.717, 1.165) is 30.5 Å². The van der Waals surface area contributed by atoms with Crippen LogP contribution in [0, 0.1) is 6.92 Å². The molecular weight excluding hydrogens is 200 g/mol. The number of hydrogen-bond donors (Lipinski definition) is 1. The van der Waals surface area contributed by atoms with Gasteiger partial charge in [-0.2, -0.15) is 0 Å². The number of carbonyl (C=O) groups excluding carboxylic acids is 1. The maximum Gasteiger partial charge on any atom is 0.150 e. The van der Waals surface area contributed by atoms with Crippen LogP contribution >= 0.6 is 0 Å². The Bertz CT molecular complexity index is 298. The minimum Gasteiger partial charge on any atom is -0.318 e. The molecule has 0 fully saturated rings. The number of carbonyl (C=O) groups is 1. The van der Waals surface area contributed by atoms with Gasteiger partial charge in [-0.3, -0.25) is 4.79 Å². The van der Waals surface area contributed by atoms with Crippen LogP contribution in [0.5, 0.6) is 0 Å². The molecule has 1 aromatic rings. The lowest BCUT2D eigenvalue weighted by atomic mass is 10.1. The van der Waals surface area contributed by atoms with E-state index in [1.165, 1.54) is 0 Å². The summed E-state index contributed by atoms with van der Waals surface area (Å²) in [5, 5.41) is 3.06. The van der Waals surface area contributed by atoms with Gasteiger partial charge in [0.1, 0.15) is 6.29 Å². The van der Waals surface area contributed by atoms with Crippen molar-refractivity contribution in [2.45, 2.75) is 6.92 Å². The number of benzene rings is 1. The summed E-state index contributed by atoms with van der Waals surface area (Å²) < 4.78 is 0. The number of hydrogen-bond acceptors (Lipinski definition) is 3. The van der Waals surface area contributed by atoms with Crippen molar-refractivity contribution in [2.24, 2.45) is 0 Å². The smallest absolute Gasteiger partial charge is 0.150 e. The molecule has 3 nitrogen and oxygen atoms in total. The Labute approximate surface area is 98.5 Å². The van der Waals surface area contributed by atoms with Crippen LogP contribution in [0.1, 0.15) is 15.9 Å². The summed E-state index contributed by atoms with van der Waals surface area (Å²) in [6.07, 6.45) is 0.870. The molecule has 0 aromatic heterocycles. The van der Waals surface area contributed by atoms with Gasteiger partial charge >= 0.3 is 0 Å². The summed E-state index contributed by atoms with van der Waals surface area (Å²) in [5.41, 5.74) is 1.81.